The normalized spacial score (nSPS) is 11.9. The maximum atomic E-state index is 11.9. The standard InChI is InChI=1S/C9H14F3N5OS/c1-6(2)3-17-8(14-15-16-17)19-4-7(18)13-5-9(10,11)12/h6H,3-5H2,1-2H3,(H,13,18). The molecule has 6 nitrogen and oxygen atoms in total. The fourth-order valence-corrected chi connectivity index (χ4v) is 1.86. The fraction of sp³-hybridized carbons (Fsp3) is 0.778. The second-order valence-corrected chi connectivity index (χ2v) is 5.16. The Bertz CT molecular complexity index is 420. The molecule has 0 unspecified atom stereocenters. The van der Waals surface area contributed by atoms with Crippen molar-refractivity contribution in [3.8, 4) is 0 Å². The summed E-state index contributed by atoms with van der Waals surface area (Å²) >= 11 is 1.00. The van der Waals surface area contributed by atoms with Crippen molar-refractivity contribution in [3.63, 3.8) is 0 Å². The molecular weight excluding hydrogens is 283 g/mol. The number of carbonyl (C=O) groups is 1. The first-order valence-electron chi connectivity index (χ1n) is 5.50. The molecule has 1 rings (SSSR count). The van der Waals surface area contributed by atoms with Crippen LogP contribution in [0.15, 0.2) is 5.16 Å². The summed E-state index contributed by atoms with van der Waals surface area (Å²) in [6, 6.07) is 0. The molecule has 0 spiro atoms. The van der Waals surface area contributed by atoms with Gasteiger partial charge in [-0.15, -0.1) is 5.10 Å². The van der Waals surface area contributed by atoms with Gasteiger partial charge in [-0.1, -0.05) is 25.6 Å². The van der Waals surface area contributed by atoms with Gasteiger partial charge in [-0.05, 0) is 16.3 Å². The van der Waals surface area contributed by atoms with Crippen LogP contribution in [0.1, 0.15) is 13.8 Å². The molecule has 1 heterocycles. The van der Waals surface area contributed by atoms with E-state index in [0.29, 0.717) is 17.6 Å². The van der Waals surface area contributed by atoms with Crippen molar-refractivity contribution in [1.82, 2.24) is 25.5 Å². The Morgan fingerprint density at radius 3 is 2.74 bits per heavy atom. The Balaban J connectivity index is 2.40. The van der Waals surface area contributed by atoms with Gasteiger partial charge in [0.1, 0.15) is 6.54 Å². The van der Waals surface area contributed by atoms with Gasteiger partial charge in [0.05, 0.1) is 5.75 Å². The number of amides is 1. The van der Waals surface area contributed by atoms with Gasteiger partial charge < -0.3 is 5.32 Å². The SMILES string of the molecule is CC(C)Cn1nnnc1SCC(=O)NCC(F)(F)F. The lowest BCUT2D eigenvalue weighted by Crippen LogP contribution is -2.34. The van der Waals surface area contributed by atoms with Crippen molar-refractivity contribution in [1.29, 1.82) is 0 Å². The monoisotopic (exact) mass is 297 g/mol. The Morgan fingerprint density at radius 2 is 2.16 bits per heavy atom. The number of hydrogen-bond donors (Lipinski definition) is 1. The highest BCUT2D eigenvalue weighted by atomic mass is 32.2. The minimum absolute atomic E-state index is 0.158. The number of nitrogens with zero attached hydrogens (tertiary/aromatic N) is 4. The van der Waals surface area contributed by atoms with E-state index in [1.165, 1.54) is 4.68 Å². The van der Waals surface area contributed by atoms with Crippen LogP contribution in [-0.4, -0.2) is 44.6 Å². The first-order valence-corrected chi connectivity index (χ1v) is 6.49. The number of carbonyl (C=O) groups excluding carboxylic acids is 1. The van der Waals surface area contributed by atoms with E-state index >= 15 is 0 Å². The van der Waals surface area contributed by atoms with E-state index in [4.69, 9.17) is 0 Å². The molecular formula is C9H14F3N5OS. The number of nitrogens with one attached hydrogen (secondary N) is 1. The molecule has 1 aromatic rings. The molecule has 1 aromatic heterocycles. The zero-order valence-electron chi connectivity index (χ0n) is 10.4. The summed E-state index contributed by atoms with van der Waals surface area (Å²) in [6.45, 7) is 3.21. The highest BCUT2D eigenvalue weighted by Gasteiger charge is 2.27. The zero-order chi connectivity index (χ0) is 14.5. The molecule has 0 radical (unpaired) electrons. The summed E-state index contributed by atoms with van der Waals surface area (Å²) in [5.74, 6) is -0.544. The van der Waals surface area contributed by atoms with Gasteiger partial charge in [0.15, 0.2) is 0 Å². The van der Waals surface area contributed by atoms with Crippen LogP contribution in [0.25, 0.3) is 0 Å². The first-order chi connectivity index (χ1) is 8.78. The van der Waals surface area contributed by atoms with E-state index in [1.807, 2.05) is 13.8 Å². The molecule has 0 aliphatic heterocycles. The van der Waals surface area contributed by atoms with Crippen molar-refractivity contribution in [2.24, 2.45) is 5.92 Å². The molecule has 0 aromatic carbocycles. The number of alkyl halides is 3. The topological polar surface area (TPSA) is 72.7 Å². The summed E-state index contributed by atoms with van der Waals surface area (Å²) < 4.78 is 37.2. The average molecular weight is 297 g/mol. The third kappa shape index (κ3) is 6.41. The minimum Gasteiger partial charge on any atom is -0.346 e. The minimum atomic E-state index is -4.40. The molecule has 0 bridgehead atoms. The summed E-state index contributed by atoms with van der Waals surface area (Å²) in [4.78, 5) is 11.2. The lowest BCUT2D eigenvalue weighted by atomic mass is 10.2. The molecule has 0 aliphatic rings. The fourth-order valence-electron chi connectivity index (χ4n) is 1.14. The number of thioether (sulfide) groups is 1. The quantitative estimate of drug-likeness (QED) is 0.796. The molecule has 10 heteroatoms. The van der Waals surface area contributed by atoms with Gasteiger partial charge in [0.2, 0.25) is 11.1 Å². The van der Waals surface area contributed by atoms with Crippen molar-refractivity contribution < 1.29 is 18.0 Å². The maximum absolute atomic E-state index is 11.9. The Labute approximate surface area is 112 Å². The molecule has 0 saturated heterocycles. The highest BCUT2D eigenvalue weighted by molar-refractivity contribution is 7.99. The predicted octanol–water partition coefficient (Wildman–Crippen LogP) is 1.10. The van der Waals surface area contributed by atoms with E-state index in [0.717, 1.165) is 11.8 Å². The number of tetrazole rings is 1. The average Bonchev–Trinajstić information content (AvgIpc) is 2.69. The van der Waals surface area contributed by atoms with Gasteiger partial charge in [-0.25, -0.2) is 4.68 Å². The maximum Gasteiger partial charge on any atom is 0.405 e. The highest BCUT2D eigenvalue weighted by Crippen LogP contribution is 2.15. The largest absolute Gasteiger partial charge is 0.405 e. The molecule has 1 amide bonds. The van der Waals surface area contributed by atoms with Crippen LogP contribution < -0.4 is 5.32 Å². The lowest BCUT2D eigenvalue weighted by molar-refractivity contribution is -0.136. The molecule has 0 aliphatic carbocycles. The van der Waals surface area contributed by atoms with Gasteiger partial charge in [0, 0.05) is 6.54 Å². The molecule has 0 saturated carbocycles. The summed E-state index contributed by atoms with van der Waals surface area (Å²) in [6.07, 6.45) is -4.40. The molecule has 0 atom stereocenters. The third-order valence-electron chi connectivity index (χ3n) is 1.86. The van der Waals surface area contributed by atoms with Crippen molar-refractivity contribution >= 4 is 17.7 Å². The molecule has 1 N–H and O–H groups in total. The Kier molecular flexibility index (Phi) is 5.58. The second kappa shape index (κ2) is 6.73. The van der Waals surface area contributed by atoms with Gasteiger partial charge in [-0.3, -0.25) is 4.79 Å². The summed E-state index contributed by atoms with van der Waals surface area (Å²) in [5.41, 5.74) is 0. The number of halogens is 3. The van der Waals surface area contributed by atoms with E-state index in [2.05, 4.69) is 15.5 Å². The molecule has 108 valence electrons. The van der Waals surface area contributed by atoms with E-state index in [9.17, 15) is 18.0 Å². The lowest BCUT2D eigenvalue weighted by Gasteiger charge is -2.08. The second-order valence-electron chi connectivity index (χ2n) is 4.22. The summed E-state index contributed by atoms with van der Waals surface area (Å²) in [5, 5.41) is 13.1. The van der Waals surface area contributed by atoms with Crippen molar-refractivity contribution in [2.75, 3.05) is 12.3 Å². The first kappa shape index (κ1) is 15.7. The molecule has 19 heavy (non-hydrogen) atoms. The van der Waals surface area contributed by atoms with Crippen LogP contribution in [0.4, 0.5) is 13.2 Å². The van der Waals surface area contributed by atoms with Crippen LogP contribution in [0.2, 0.25) is 0 Å². The van der Waals surface area contributed by atoms with Crippen molar-refractivity contribution in [3.05, 3.63) is 0 Å². The molecule has 0 fully saturated rings. The van der Waals surface area contributed by atoms with Crippen LogP contribution in [0.5, 0.6) is 0 Å². The van der Waals surface area contributed by atoms with Crippen LogP contribution >= 0.6 is 11.8 Å². The Morgan fingerprint density at radius 1 is 1.47 bits per heavy atom. The predicted molar refractivity (Wildman–Crippen MR) is 62.4 cm³/mol. The third-order valence-corrected chi connectivity index (χ3v) is 2.81. The van der Waals surface area contributed by atoms with E-state index in [1.54, 1.807) is 5.32 Å². The van der Waals surface area contributed by atoms with E-state index in [-0.39, 0.29) is 5.75 Å². The van der Waals surface area contributed by atoms with Gasteiger partial charge >= 0.3 is 6.18 Å². The van der Waals surface area contributed by atoms with Crippen LogP contribution in [0, 0.1) is 5.92 Å². The smallest absolute Gasteiger partial charge is 0.346 e. The Hall–Kier alpha value is -1.32. The van der Waals surface area contributed by atoms with Gasteiger partial charge in [-0.2, -0.15) is 13.2 Å². The van der Waals surface area contributed by atoms with Crippen LogP contribution in [-0.2, 0) is 11.3 Å². The number of aromatic nitrogens is 4. The number of hydrogen-bond acceptors (Lipinski definition) is 5. The van der Waals surface area contributed by atoms with Crippen molar-refractivity contribution in [2.45, 2.75) is 31.7 Å². The van der Waals surface area contributed by atoms with Crippen LogP contribution in [0.3, 0.4) is 0 Å². The zero-order valence-corrected chi connectivity index (χ0v) is 11.3. The van der Waals surface area contributed by atoms with E-state index < -0.39 is 18.6 Å². The summed E-state index contributed by atoms with van der Waals surface area (Å²) in [7, 11) is 0. The van der Waals surface area contributed by atoms with Gasteiger partial charge in [0.25, 0.3) is 0 Å². The number of rotatable bonds is 6.